The van der Waals surface area contributed by atoms with Gasteiger partial charge in [0, 0.05) is 13.1 Å². The van der Waals surface area contributed by atoms with Crippen LogP contribution in [0.1, 0.15) is 34.0 Å². The molecule has 2 N–H and O–H groups in total. The topological polar surface area (TPSA) is 82.8 Å². The van der Waals surface area contributed by atoms with E-state index in [1.165, 1.54) is 12.1 Å². The van der Waals surface area contributed by atoms with Gasteiger partial charge >= 0.3 is 5.97 Å². The van der Waals surface area contributed by atoms with Crippen molar-refractivity contribution in [1.29, 1.82) is 0 Å². The summed E-state index contributed by atoms with van der Waals surface area (Å²) >= 11 is 0. The molecule has 1 unspecified atom stereocenters. The first-order valence-electron chi connectivity index (χ1n) is 6.36. The highest BCUT2D eigenvalue weighted by Gasteiger charge is 2.19. The summed E-state index contributed by atoms with van der Waals surface area (Å²) in [6, 6.07) is 2.66. The fraction of sp³-hybridized carbons (Fsp3) is 0.538. The molecule has 19 heavy (non-hydrogen) atoms. The zero-order valence-corrected chi connectivity index (χ0v) is 10.9. The molecule has 0 radical (unpaired) electrons. The molecule has 1 aromatic heterocycles. The smallest absolute Gasteiger partial charge is 0.371 e. The largest absolute Gasteiger partial charge is 0.475 e. The van der Waals surface area contributed by atoms with Crippen LogP contribution in [-0.2, 0) is 0 Å². The SMILES string of the molecule is CN1CCCC(CNC(=O)c2ccc(C(=O)O)o2)C1. The Kier molecular flexibility index (Phi) is 4.21. The van der Waals surface area contributed by atoms with Crippen LogP contribution in [0.5, 0.6) is 0 Å². The summed E-state index contributed by atoms with van der Waals surface area (Å²) in [5, 5.41) is 11.5. The van der Waals surface area contributed by atoms with Crippen LogP contribution in [0.15, 0.2) is 16.5 Å². The molecule has 1 aliphatic rings. The van der Waals surface area contributed by atoms with Crippen molar-refractivity contribution < 1.29 is 19.1 Å². The van der Waals surface area contributed by atoms with Gasteiger partial charge in [0.2, 0.25) is 5.76 Å². The van der Waals surface area contributed by atoms with E-state index in [0.717, 1.165) is 25.9 Å². The maximum absolute atomic E-state index is 11.8. The summed E-state index contributed by atoms with van der Waals surface area (Å²) < 4.78 is 4.95. The van der Waals surface area contributed by atoms with Crippen molar-refractivity contribution in [2.75, 3.05) is 26.7 Å². The molecule has 1 aromatic rings. The monoisotopic (exact) mass is 266 g/mol. The minimum atomic E-state index is -1.17. The lowest BCUT2D eigenvalue weighted by atomic mass is 9.98. The number of amides is 1. The number of likely N-dealkylation sites (tertiary alicyclic amines) is 1. The van der Waals surface area contributed by atoms with Gasteiger partial charge < -0.3 is 19.7 Å². The van der Waals surface area contributed by atoms with Crippen molar-refractivity contribution in [2.24, 2.45) is 5.92 Å². The molecular formula is C13H18N2O4. The Labute approximate surface area is 111 Å². The van der Waals surface area contributed by atoms with Gasteiger partial charge in [-0.05, 0) is 44.5 Å². The molecule has 0 spiro atoms. The van der Waals surface area contributed by atoms with Gasteiger partial charge in [0.05, 0.1) is 0 Å². The van der Waals surface area contributed by atoms with Crippen LogP contribution in [0.2, 0.25) is 0 Å². The Morgan fingerprint density at radius 3 is 2.84 bits per heavy atom. The molecule has 1 saturated heterocycles. The second kappa shape index (κ2) is 5.88. The van der Waals surface area contributed by atoms with E-state index in [-0.39, 0.29) is 17.4 Å². The minimum Gasteiger partial charge on any atom is -0.475 e. The number of piperidine rings is 1. The van der Waals surface area contributed by atoms with Gasteiger partial charge in [-0.2, -0.15) is 0 Å². The molecule has 104 valence electrons. The average molecular weight is 266 g/mol. The molecule has 6 heteroatoms. The van der Waals surface area contributed by atoms with Crippen molar-refractivity contribution >= 4 is 11.9 Å². The number of hydrogen-bond donors (Lipinski definition) is 2. The van der Waals surface area contributed by atoms with E-state index in [0.29, 0.717) is 12.5 Å². The molecule has 2 rings (SSSR count). The maximum atomic E-state index is 11.8. The number of aromatic carboxylic acids is 1. The number of rotatable bonds is 4. The number of carbonyl (C=O) groups excluding carboxylic acids is 1. The fourth-order valence-electron chi connectivity index (χ4n) is 2.34. The van der Waals surface area contributed by atoms with Gasteiger partial charge in [-0.15, -0.1) is 0 Å². The van der Waals surface area contributed by atoms with Gasteiger partial charge in [-0.25, -0.2) is 4.79 Å². The Balaban J connectivity index is 1.85. The fourth-order valence-corrected chi connectivity index (χ4v) is 2.34. The normalized spacial score (nSPS) is 20.2. The third-order valence-corrected chi connectivity index (χ3v) is 3.31. The molecule has 0 bridgehead atoms. The van der Waals surface area contributed by atoms with Crippen LogP contribution >= 0.6 is 0 Å². The lowest BCUT2D eigenvalue weighted by Crippen LogP contribution is -2.39. The van der Waals surface area contributed by atoms with Crippen LogP contribution in [-0.4, -0.2) is 48.6 Å². The third-order valence-electron chi connectivity index (χ3n) is 3.31. The molecule has 0 aliphatic carbocycles. The maximum Gasteiger partial charge on any atom is 0.371 e. The summed E-state index contributed by atoms with van der Waals surface area (Å²) in [5.41, 5.74) is 0. The molecule has 1 amide bonds. The lowest BCUT2D eigenvalue weighted by molar-refractivity contribution is 0.0659. The summed E-state index contributed by atoms with van der Waals surface area (Å²) in [4.78, 5) is 24.7. The van der Waals surface area contributed by atoms with Crippen LogP contribution in [0, 0.1) is 5.92 Å². The van der Waals surface area contributed by atoms with Crippen molar-refractivity contribution in [3.8, 4) is 0 Å². The van der Waals surface area contributed by atoms with Gasteiger partial charge in [-0.1, -0.05) is 0 Å². The summed E-state index contributed by atoms with van der Waals surface area (Å²) in [7, 11) is 2.07. The van der Waals surface area contributed by atoms with Crippen LogP contribution in [0.25, 0.3) is 0 Å². The molecule has 1 aliphatic heterocycles. The third kappa shape index (κ3) is 3.57. The molecule has 0 aromatic carbocycles. The standard InChI is InChI=1S/C13H18N2O4/c1-15-6-2-3-9(8-15)7-14-12(16)10-4-5-11(19-10)13(17)18/h4-5,9H,2-3,6-8H2,1H3,(H,14,16)(H,17,18). The molecule has 6 nitrogen and oxygen atoms in total. The highest BCUT2D eigenvalue weighted by molar-refractivity contribution is 5.93. The van der Waals surface area contributed by atoms with Crippen molar-refractivity contribution in [2.45, 2.75) is 12.8 Å². The Morgan fingerprint density at radius 2 is 2.21 bits per heavy atom. The van der Waals surface area contributed by atoms with E-state index in [4.69, 9.17) is 9.52 Å². The summed E-state index contributed by atoms with van der Waals surface area (Å²) in [6.45, 7) is 2.66. The molecular weight excluding hydrogens is 248 g/mol. The summed E-state index contributed by atoms with van der Waals surface area (Å²) in [6.07, 6.45) is 2.24. The number of carboxylic acid groups (broad SMARTS) is 1. The molecule has 1 fully saturated rings. The van der Waals surface area contributed by atoms with E-state index in [9.17, 15) is 9.59 Å². The number of nitrogens with one attached hydrogen (secondary N) is 1. The van der Waals surface area contributed by atoms with Crippen LogP contribution in [0.4, 0.5) is 0 Å². The molecule has 1 atom stereocenters. The van der Waals surface area contributed by atoms with Crippen molar-refractivity contribution in [3.05, 3.63) is 23.7 Å². The quantitative estimate of drug-likeness (QED) is 0.851. The van der Waals surface area contributed by atoms with E-state index in [1.54, 1.807) is 0 Å². The van der Waals surface area contributed by atoms with Gasteiger partial charge in [0.15, 0.2) is 5.76 Å². The first-order chi connectivity index (χ1) is 9.06. The first-order valence-corrected chi connectivity index (χ1v) is 6.36. The molecule has 0 saturated carbocycles. The van der Waals surface area contributed by atoms with Crippen molar-refractivity contribution in [3.63, 3.8) is 0 Å². The second-order valence-corrected chi connectivity index (χ2v) is 4.95. The Bertz CT molecular complexity index is 469. The summed E-state index contributed by atoms with van der Waals surface area (Å²) in [5.74, 6) is -1.27. The number of hydrogen-bond acceptors (Lipinski definition) is 4. The first kappa shape index (κ1) is 13.6. The number of nitrogens with zero attached hydrogens (tertiary/aromatic N) is 1. The zero-order chi connectivity index (χ0) is 13.8. The van der Waals surface area contributed by atoms with Crippen molar-refractivity contribution in [1.82, 2.24) is 10.2 Å². The number of furan rings is 1. The predicted molar refractivity (Wildman–Crippen MR) is 68.2 cm³/mol. The van der Waals surface area contributed by atoms with Crippen LogP contribution in [0.3, 0.4) is 0 Å². The van der Waals surface area contributed by atoms with Crippen LogP contribution < -0.4 is 5.32 Å². The van der Waals surface area contributed by atoms with E-state index in [2.05, 4.69) is 17.3 Å². The number of carbonyl (C=O) groups is 2. The van der Waals surface area contributed by atoms with Gasteiger partial charge in [-0.3, -0.25) is 4.79 Å². The average Bonchev–Trinajstić information content (AvgIpc) is 2.86. The van der Waals surface area contributed by atoms with Gasteiger partial charge in [0.1, 0.15) is 0 Å². The van der Waals surface area contributed by atoms with E-state index >= 15 is 0 Å². The van der Waals surface area contributed by atoms with Gasteiger partial charge in [0.25, 0.3) is 5.91 Å². The minimum absolute atomic E-state index is 0.0431. The molecule has 2 heterocycles. The number of carboxylic acids is 1. The predicted octanol–water partition coefficient (Wildman–Crippen LogP) is 1.05. The van der Waals surface area contributed by atoms with E-state index in [1.807, 2.05) is 0 Å². The highest BCUT2D eigenvalue weighted by Crippen LogP contribution is 2.14. The Morgan fingerprint density at radius 1 is 1.47 bits per heavy atom. The second-order valence-electron chi connectivity index (χ2n) is 4.95. The zero-order valence-electron chi connectivity index (χ0n) is 10.9. The van der Waals surface area contributed by atoms with E-state index < -0.39 is 5.97 Å². The Hall–Kier alpha value is -1.82. The lowest BCUT2D eigenvalue weighted by Gasteiger charge is -2.29. The highest BCUT2D eigenvalue weighted by atomic mass is 16.4.